The molecule has 0 spiro atoms. The maximum atomic E-state index is 11.5. The van der Waals surface area contributed by atoms with Crippen molar-refractivity contribution in [3.8, 4) is 0 Å². The minimum absolute atomic E-state index is 0.233. The Kier molecular flexibility index (Phi) is 3.92. The first-order chi connectivity index (χ1) is 6.42. The second kappa shape index (κ2) is 4.59. The standard InChI is InChI=1S/C9H20N2O2S/c1-8(2)14(12,13)6-5-11-4-3-9(10)7-11/h8-9H,3-7,10H2,1-2H3/t9-/m0/s1. The Balaban J connectivity index is 2.34. The van der Waals surface area contributed by atoms with Gasteiger partial charge in [0.15, 0.2) is 9.84 Å². The molecule has 1 aliphatic heterocycles. The number of sulfone groups is 1. The Morgan fingerprint density at radius 1 is 1.50 bits per heavy atom. The monoisotopic (exact) mass is 220 g/mol. The van der Waals surface area contributed by atoms with E-state index in [1.54, 1.807) is 13.8 Å². The lowest BCUT2D eigenvalue weighted by Crippen LogP contribution is -2.32. The van der Waals surface area contributed by atoms with E-state index in [9.17, 15) is 8.42 Å². The molecule has 0 aromatic carbocycles. The van der Waals surface area contributed by atoms with Gasteiger partial charge in [0, 0.05) is 19.1 Å². The molecule has 0 amide bonds. The van der Waals surface area contributed by atoms with Crippen LogP contribution in [0.1, 0.15) is 20.3 Å². The number of hydrogen-bond donors (Lipinski definition) is 1. The van der Waals surface area contributed by atoms with Crippen molar-refractivity contribution in [1.82, 2.24) is 4.90 Å². The summed E-state index contributed by atoms with van der Waals surface area (Å²) in [5.41, 5.74) is 5.73. The van der Waals surface area contributed by atoms with Gasteiger partial charge in [-0.2, -0.15) is 0 Å². The fraction of sp³-hybridized carbons (Fsp3) is 1.00. The van der Waals surface area contributed by atoms with Crippen LogP contribution in [-0.2, 0) is 9.84 Å². The van der Waals surface area contributed by atoms with E-state index in [-0.39, 0.29) is 17.0 Å². The van der Waals surface area contributed by atoms with Gasteiger partial charge in [-0.05, 0) is 26.8 Å². The summed E-state index contributed by atoms with van der Waals surface area (Å²) >= 11 is 0. The molecule has 2 N–H and O–H groups in total. The van der Waals surface area contributed by atoms with Crippen LogP contribution in [0.5, 0.6) is 0 Å². The van der Waals surface area contributed by atoms with Crippen LogP contribution in [0, 0.1) is 0 Å². The van der Waals surface area contributed by atoms with Gasteiger partial charge in [-0.1, -0.05) is 0 Å². The zero-order valence-corrected chi connectivity index (χ0v) is 9.76. The zero-order chi connectivity index (χ0) is 10.8. The number of nitrogens with two attached hydrogens (primary N) is 1. The van der Waals surface area contributed by atoms with Crippen LogP contribution in [-0.4, -0.2) is 50.0 Å². The highest BCUT2D eigenvalue weighted by Gasteiger charge is 2.22. The zero-order valence-electron chi connectivity index (χ0n) is 8.94. The summed E-state index contributed by atoms with van der Waals surface area (Å²) in [4.78, 5) is 2.13. The Morgan fingerprint density at radius 3 is 2.57 bits per heavy atom. The quantitative estimate of drug-likeness (QED) is 0.715. The van der Waals surface area contributed by atoms with E-state index in [1.165, 1.54) is 0 Å². The molecule has 1 saturated heterocycles. The molecule has 84 valence electrons. The Bertz CT molecular complexity index is 275. The van der Waals surface area contributed by atoms with Gasteiger partial charge >= 0.3 is 0 Å². The smallest absolute Gasteiger partial charge is 0.153 e. The highest BCUT2D eigenvalue weighted by molar-refractivity contribution is 7.92. The molecular weight excluding hydrogens is 200 g/mol. The van der Waals surface area contributed by atoms with E-state index in [4.69, 9.17) is 5.73 Å². The van der Waals surface area contributed by atoms with E-state index < -0.39 is 9.84 Å². The minimum atomic E-state index is -2.89. The van der Waals surface area contributed by atoms with Crippen molar-refractivity contribution >= 4 is 9.84 Å². The van der Waals surface area contributed by atoms with Crippen LogP contribution in [0.25, 0.3) is 0 Å². The van der Waals surface area contributed by atoms with Gasteiger partial charge in [0.2, 0.25) is 0 Å². The molecule has 0 radical (unpaired) electrons. The topological polar surface area (TPSA) is 63.4 Å². The molecule has 0 bridgehead atoms. The summed E-state index contributed by atoms with van der Waals surface area (Å²) < 4.78 is 23.0. The number of rotatable bonds is 4. The van der Waals surface area contributed by atoms with Crippen molar-refractivity contribution in [3.63, 3.8) is 0 Å². The van der Waals surface area contributed by atoms with Crippen molar-refractivity contribution in [2.45, 2.75) is 31.6 Å². The van der Waals surface area contributed by atoms with Gasteiger partial charge in [0.25, 0.3) is 0 Å². The number of hydrogen-bond acceptors (Lipinski definition) is 4. The molecule has 5 heteroatoms. The highest BCUT2D eigenvalue weighted by Crippen LogP contribution is 2.08. The molecule has 1 heterocycles. The first kappa shape index (κ1) is 11.9. The average molecular weight is 220 g/mol. The number of nitrogens with zero attached hydrogens (tertiary/aromatic N) is 1. The van der Waals surface area contributed by atoms with Crippen LogP contribution in [0.4, 0.5) is 0 Å². The van der Waals surface area contributed by atoms with Gasteiger partial charge in [0.05, 0.1) is 11.0 Å². The molecule has 4 nitrogen and oxygen atoms in total. The Morgan fingerprint density at radius 2 is 2.14 bits per heavy atom. The van der Waals surface area contributed by atoms with E-state index >= 15 is 0 Å². The molecule has 0 aromatic rings. The first-order valence-corrected chi connectivity index (χ1v) is 6.83. The summed E-state index contributed by atoms with van der Waals surface area (Å²) in [5, 5.41) is -0.265. The van der Waals surface area contributed by atoms with Crippen molar-refractivity contribution in [3.05, 3.63) is 0 Å². The third-order valence-electron chi connectivity index (χ3n) is 2.72. The molecule has 1 atom stereocenters. The maximum Gasteiger partial charge on any atom is 0.153 e. The van der Waals surface area contributed by atoms with Gasteiger partial charge in [0.1, 0.15) is 0 Å². The lowest BCUT2D eigenvalue weighted by Gasteiger charge is -2.15. The summed E-state index contributed by atoms with van der Waals surface area (Å²) in [6.45, 7) is 5.87. The molecular formula is C9H20N2O2S. The largest absolute Gasteiger partial charge is 0.326 e. The van der Waals surface area contributed by atoms with Crippen molar-refractivity contribution < 1.29 is 8.42 Å². The molecule has 0 aromatic heterocycles. The molecule has 0 unspecified atom stereocenters. The predicted octanol–water partition coefficient (Wildman–Crippen LogP) is -0.157. The van der Waals surface area contributed by atoms with Crippen LogP contribution in [0.15, 0.2) is 0 Å². The van der Waals surface area contributed by atoms with Crippen LogP contribution < -0.4 is 5.73 Å². The van der Waals surface area contributed by atoms with Crippen LogP contribution in [0.3, 0.4) is 0 Å². The third-order valence-corrected chi connectivity index (χ3v) is 4.91. The lowest BCUT2D eigenvalue weighted by molar-refractivity contribution is 0.354. The molecule has 0 saturated carbocycles. The summed E-state index contributed by atoms with van der Waals surface area (Å²) in [7, 11) is -2.89. The minimum Gasteiger partial charge on any atom is -0.326 e. The fourth-order valence-corrected chi connectivity index (χ4v) is 2.54. The highest BCUT2D eigenvalue weighted by atomic mass is 32.2. The fourth-order valence-electron chi connectivity index (χ4n) is 1.56. The molecule has 1 fully saturated rings. The molecule has 1 aliphatic rings. The summed E-state index contributed by atoms with van der Waals surface area (Å²) in [5.74, 6) is 0.261. The first-order valence-electron chi connectivity index (χ1n) is 5.11. The predicted molar refractivity (Wildman–Crippen MR) is 58.0 cm³/mol. The van der Waals surface area contributed by atoms with Gasteiger partial charge in [-0.15, -0.1) is 0 Å². The average Bonchev–Trinajstić information content (AvgIpc) is 2.48. The number of likely N-dealkylation sites (tertiary alicyclic amines) is 1. The van der Waals surface area contributed by atoms with E-state index in [1.807, 2.05) is 0 Å². The Hall–Kier alpha value is -0.130. The summed E-state index contributed by atoms with van der Waals surface area (Å²) in [6.07, 6.45) is 0.988. The third kappa shape index (κ3) is 3.22. The van der Waals surface area contributed by atoms with Crippen LogP contribution >= 0.6 is 0 Å². The van der Waals surface area contributed by atoms with Gasteiger partial charge < -0.3 is 10.6 Å². The van der Waals surface area contributed by atoms with Gasteiger partial charge in [-0.3, -0.25) is 0 Å². The summed E-state index contributed by atoms with van der Waals surface area (Å²) in [6, 6.07) is 0.233. The van der Waals surface area contributed by atoms with Gasteiger partial charge in [-0.25, -0.2) is 8.42 Å². The molecule has 0 aliphatic carbocycles. The van der Waals surface area contributed by atoms with Crippen molar-refractivity contribution in [2.24, 2.45) is 5.73 Å². The van der Waals surface area contributed by atoms with E-state index in [0.29, 0.717) is 6.54 Å². The van der Waals surface area contributed by atoms with E-state index in [2.05, 4.69) is 4.90 Å². The van der Waals surface area contributed by atoms with Crippen molar-refractivity contribution in [2.75, 3.05) is 25.4 Å². The normalized spacial score (nSPS) is 24.7. The SMILES string of the molecule is CC(C)S(=O)(=O)CCN1CC[C@H](N)C1. The second-order valence-corrected chi connectivity index (χ2v) is 6.94. The molecule has 14 heavy (non-hydrogen) atoms. The van der Waals surface area contributed by atoms with E-state index in [0.717, 1.165) is 19.5 Å². The van der Waals surface area contributed by atoms with Crippen LogP contribution in [0.2, 0.25) is 0 Å². The Labute approximate surface area is 86.4 Å². The maximum absolute atomic E-state index is 11.5. The van der Waals surface area contributed by atoms with Crippen molar-refractivity contribution in [1.29, 1.82) is 0 Å². The molecule has 1 rings (SSSR count). The second-order valence-electron chi connectivity index (χ2n) is 4.27. The lowest BCUT2D eigenvalue weighted by atomic mass is 10.3.